The normalized spacial score (nSPS) is 18.7. The van der Waals surface area contributed by atoms with Crippen LogP contribution in [0.2, 0.25) is 0 Å². The number of rotatable bonds is 4. The van der Waals surface area contributed by atoms with Crippen molar-refractivity contribution in [1.82, 2.24) is 9.97 Å². The number of fused-ring (bicyclic) bond motifs is 1. The lowest BCUT2D eigenvalue weighted by atomic mass is 9.76. The van der Waals surface area contributed by atoms with Crippen molar-refractivity contribution in [2.45, 2.75) is 57.0 Å². The third kappa shape index (κ3) is 3.30. The molecule has 2 N–H and O–H groups in total. The molecule has 1 unspecified atom stereocenters. The number of allylic oxidation sites excluding steroid dienone is 2. The summed E-state index contributed by atoms with van der Waals surface area (Å²) >= 11 is 1.50. The number of thioether (sulfide) groups is 1. The second kappa shape index (κ2) is 7.59. The molecule has 0 radical (unpaired) electrons. The lowest BCUT2D eigenvalue weighted by molar-refractivity contribution is -0.116. The molecular weight excluding hydrogens is 370 g/mol. The molecule has 2 heterocycles. The van der Waals surface area contributed by atoms with Crippen LogP contribution in [0.15, 0.2) is 45.5 Å². The van der Waals surface area contributed by atoms with Crippen molar-refractivity contribution in [3.63, 3.8) is 0 Å². The first-order valence-electron chi connectivity index (χ1n) is 9.89. The quantitative estimate of drug-likeness (QED) is 0.586. The zero-order valence-electron chi connectivity index (χ0n) is 16.5. The van der Waals surface area contributed by atoms with Gasteiger partial charge in [-0.2, -0.15) is 0 Å². The number of carbonyl (C=O) groups is 1. The number of aromatic nitrogens is 2. The minimum absolute atomic E-state index is 0.128. The van der Waals surface area contributed by atoms with E-state index in [0.29, 0.717) is 28.9 Å². The number of nitrogens with zero attached hydrogens (tertiary/aromatic N) is 1. The Balaban J connectivity index is 1.90. The number of hydrogen-bond acceptors (Lipinski definition) is 5. The first-order chi connectivity index (χ1) is 13.5. The maximum atomic E-state index is 13.0. The molecule has 0 bridgehead atoms. The van der Waals surface area contributed by atoms with Crippen LogP contribution >= 0.6 is 11.8 Å². The molecule has 1 aromatic heterocycles. The van der Waals surface area contributed by atoms with E-state index in [0.717, 1.165) is 35.4 Å². The third-order valence-corrected chi connectivity index (χ3v) is 6.21. The minimum Gasteiger partial charge on any atom is -0.343 e. The summed E-state index contributed by atoms with van der Waals surface area (Å²) in [5.74, 6) is 1.61. The molecule has 1 atom stereocenters. The number of ketones is 1. The summed E-state index contributed by atoms with van der Waals surface area (Å²) in [5.41, 5.74) is 4.25. The molecule has 2 aromatic rings. The lowest BCUT2D eigenvalue weighted by Crippen LogP contribution is -2.32. The van der Waals surface area contributed by atoms with Crippen LogP contribution in [0.25, 0.3) is 0 Å². The molecule has 0 amide bonds. The van der Waals surface area contributed by atoms with Gasteiger partial charge in [-0.1, -0.05) is 56.8 Å². The smallest absolute Gasteiger partial charge is 0.257 e. The molecule has 28 heavy (non-hydrogen) atoms. The van der Waals surface area contributed by atoms with Gasteiger partial charge in [0, 0.05) is 23.6 Å². The molecule has 5 nitrogen and oxygen atoms in total. The Bertz CT molecular complexity index is 1010. The second-order valence-electron chi connectivity index (χ2n) is 7.61. The molecular formula is C22H25N3O2S. The lowest BCUT2D eigenvalue weighted by Gasteiger charge is -2.32. The van der Waals surface area contributed by atoms with Crippen molar-refractivity contribution in [3.05, 3.63) is 62.6 Å². The summed E-state index contributed by atoms with van der Waals surface area (Å²) in [6.07, 6.45) is 2.18. The summed E-state index contributed by atoms with van der Waals surface area (Å²) < 4.78 is 0. The van der Waals surface area contributed by atoms with Gasteiger partial charge in [0.2, 0.25) is 0 Å². The van der Waals surface area contributed by atoms with E-state index in [-0.39, 0.29) is 17.3 Å². The van der Waals surface area contributed by atoms with Crippen molar-refractivity contribution in [2.24, 2.45) is 0 Å². The van der Waals surface area contributed by atoms with E-state index in [1.807, 2.05) is 6.92 Å². The Hall–Kier alpha value is -2.34. The van der Waals surface area contributed by atoms with E-state index < -0.39 is 0 Å². The number of aromatic amines is 1. The maximum absolute atomic E-state index is 13.0. The van der Waals surface area contributed by atoms with Gasteiger partial charge in [0.15, 0.2) is 10.9 Å². The predicted octanol–water partition coefficient (Wildman–Crippen LogP) is 4.57. The van der Waals surface area contributed by atoms with E-state index in [1.165, 1.54) is 17.3 Å². The van der Waals surface area contributed by atoms with E-state index in [9.17, 15) is 9.59 Å². The van der Waals surface area contributed by atoms with Crippen molar-refractivity contribution >= 4 is 23.4 Å². The van der Waals surface area contributed by atoms with E-state index >= 15 is 0 Å². The summed E-state index contributed by atoms with van der Waals surface area (Å²) in [6, 6.07) is 8.29. The van der Waals surface area contributed by atoms with E-state index in [4.69, 9.17) is 0 Å². The number of hydrogen-bond donors (Lipinski definition) is 2. The van der Waals surface area contributed by atoms with Crippen LogP contribution < -0.4 is 10.9 Å². The Kier molecular flexibility index (Phi) is 5.15. The highest BCUT2D eigenvalue weighted by Gasteiger charge is 2.37. The van der Waals surface area contributed by atoms with Crippen molar-refractivity contribution in [3.8, 4) is 0 Å². The van der Waals surface area contributed by atoms with Crippen LogP contribution in [0.5, 0.6) is 0 Å². The van der Waals surface area contributed by atoms with Crippen LogP contribution in [0.3, 0.4) is 0 Å². The van der Waals surface area contributed by atoms with Crippen LogP contribution in [0.4, 0.5) is 5.82 Å². The highest BCUT2D eigenvalue weighted by molar-refractivity contribution is 7.99. The number of nitrogens with one attached hydrogen (secondary N) is 2. The van der Waals surface area contributed by atoms with Crippen LogP contribution in [-0.4, -0.2) is 21.5 Å². The fraction of sp³-hybridized carbons (Fsp3) is 0.409. The first-order valence-corrected chi connectivity index (χ1v) is 10.9. The average Bonchev–Trinajstić information content (AvgIpc) is 2.67. The van der Waals surface area contributed by atoms with Crippen LogP contribution in [0, 0.1) is 0 Å². The average molecular weight is 396 g/mol. The van der Waals surface area contributed by atoms with Gasteiger partial charge in [-0.3, -0.25) is 9.59 Å². The maximum Gasteiger partial charge on any atom is 0.257 e. The molecule has 2 aliphatic rings. The van der Waals surface area contributed by atoms with Crippen LogP contribution in [-0.2, 0) is 4.79 Å². The fourth-order valence-electron chi connectivity index (χ4n) is 4.05. The number of H-pyrrole nitrogens is 1. The van der Waals surface area contributed by atoms with E-state index in [1.54, 1.807) is 0 Å². The second-order valence-corrected chi connectivity index (χ2v) is 8.87. The molecule has 0 saturated heterocycles. The number of anilines is 1. The highest BCUT2D eigenvalue weighted by Crippen LogP contribution is 2.43. The zero-order chi connectivity index (χ0) is 19.8. The van der Waals surface area contributed by atoms with Crippen LogP contribution in [0.1, 0.15) is 68.6 Å². The number of Topliss-reactive ketones (excluding diaryl/α,β-unsaturated/α-hetero) is 1. The van der Waals surface area contributed by atoms with Gasteiger partial charge < -0.3 is 10.3 Å². The largest absolute Gasteiger partial charge is 0.343 e. The zero-order valence-corrected chi connectivity index (χ0v) is 17.3. The monoisotopic (exact) mass is 395 g/mol. The summed E-state index contributed by atoms with van der Waals surface area (Å²) in [7, 11) is 0. The molecule has 146 valence electrons. The number of carbonyl (C=O) groups excluding carboxylic acids is 1. The Morgan fingerprint density at radius 1 is 1.18 bits per heavy atom. The topological polar surface area (TPSA) is 74.8 Å². The van der Waals surface area contributed by atoms with E-state index in [2.05, 4.69) is 53.4 Å². The van der Waals surface area contributed by atoms with Crippen molar-refractivity contribution in [1.29, 1.82) is 0 Å². The molecule has 0 spiro atoms. The Morgan fingerprint density at radius 2 is 1.93 bits per heavy atom. The summed E-state index contributed by atoms with van der Waals surface area (Å²) in [6.45, 7) is 6.33. The standard InChI is InChI=1S/C22H25N3O2S/c1-4-28-22-24-20-19(21(27)25-22)17(14-10-8-13(9-11-14)12(2)3)18-15(23-20)6-5-7-16(18)26/h8-12,17H,4-7H2,1-3H3,(H2,23,24,25,27). The SMILES string of the molecule is CCSc1nc2c(c(=O)[nH]1)C(c1ccc(C(C)C)cc1)C1=C(CCCC1=O)N2. The Labute approximate surface area is 169 Å². The molecule has 6 heteroatoms. The van der Waals surface area contributed by atoms with Crippen molar-refractivity contribution < 1.29 is 4.79 Å². The molecule has 0 saturated carbocycles. The third-order valence-electron chi connectivity index (χ3n) is 5.45. The van der Waals surface area contributed by atoms with Gasteiger partial charge in [0.25, 0.3) is 5.56 Å². The highest BCUT2D eigenvalue weighted by atomic mass is 32.2. The van der Waals surface area contributed by atoms with Gasteiger partial charge in [0.05, 0.1) is 5.56 Å². The number of benzene rings is 1. The molecule has 1 aliphatic heterocycles. The summed E-state index contributed by atoms with van der Waals surface area (Å²) in [5, 5.41) is 3.92. The van der Waals surface area contributed by atoms with Gasteiger partial charge >= 0.3 is 0 Å². The van der Waals surface area contributed by atoms with Gasteiger partial charge in [-0.25, -0.2) is 4.98 Å². The first kappa shape index (κ1) is 19.0. The molecule has 1 aliphatic carbocycles. The van der Waals surface area contributed by atoms with Gasteiger partial charge in [-0.15, -0.1) is 0 Å². The molecule has 0 fully saturated rings. The molecule has 1 aromatic carbocycles. The van der Waals surface area contributed by atoms with Gasteiger partial charge in [-0.05, 0) is 35.6 Å². The minimum atomic E-state index is -0.364. The Morgan fingerprint density at radius 3 is 2.61 bits per heavy atom. The molecule has 4 rings (SSSR count). The predicted molar refractivity (Wildman–Crippen MR) is 113 cm³/mol. The fourth-order valence-corrected chi connectivity index (χ4v) is 4.65. The van der Waals surface area contributed by atoms with Crippen molar-refractivity contribution in [2.75, 3.05) is 11.1 Å². The van der Waals surface area contributed by atoms with Gasteiger partial charge in [0.1, 0.15) is 5.82 Å². The summed E-state index contributed by atoms with van der Waals surface area (Å²) in [4.78, 5) is 33.4.